The minimum atomic E-state index is 0.0433. The summed E-state index contributed by atoms with van der Waals surface area (Å²) in [5.41, 5.74) is 2.54. The van der Waals surface area contributed by atoms with Crippen LogP contribution in [0.15, 0.2) is 41.7 Å². The van der Waals surface area contributed by atoms with Crippen LogP contribution in [0.2, 0.25) is 0 Å². The summed E-state index contributed by atoms with van der Waals surface area (Å²) in [5.74, 6) is 0. The van der Waals surface area contributed by atoms with Crippen LogP contribution in [0.3, 0.4) is 0 Å². The predicted molar refractivity (Wildman–Crippen MR) is 85.3 cm³/mol. The van der Waals surface area contributed by atoms with Gasteiger partial charge in [0.2, 0.25) is 0 Å². The van der Waals surface area contributed by atoms with Crippen molar-refractivity contribution < 1.29 is 0 Å². The van der Waals surface area contributed by atoms with Crippen molar-refractivity contribution in [3.63, 3.8) is 0 Å². The molecule has 0 aliphatic heterocycles. The fourth-order valence-electron chi connectivity index (χ4n) is 2.09. The van der Waals surface area contributed by atoms with Crippen molar-refractivity contribution in [1.29, 1.82) is 0 Å². The second-order valence-electron chi connectivity index (χ2n) is 3.91. The van der Waals surface area contributed by atoms with Crippen LogP contribution in [0.1, 0.15) is 32.0 Å². The number of pyridine rings is 1. The van der Waals surface area contributed by atoms with Gasteiger partial charge in [0, 0.05) is 18.0 Å². The minimum absolute atomic E-state index is 0.0433. The number of para-hydroxylation sites is 1. The average molecular weight is 255 g/mol. The number of benzene rings is 1. The summed E-state index contributed by atoms with van der Waals surface area (Å²) in [6.07, 6.45) is 5.49. The molecular formula is C17H21NO. The lowest BCUT2D eigenvalue weighted by Crippen LogP contribution is -2.14. The zero-order valence-electron chi connectivity index (χ0n) is 12.1. The Kier molecular flexibility index (Phi) is 5.31. The van der Waals surface area contributed by atoms with E-state index in [-0.39, 0.29) is 5.43 Å². The SMILES string of the molecule is C=Cc1c(/C=C\C)n(C)c2ccccc2c1=O.CC. The third kappa shape index (κ3) is 2.68. The summed E-state index contributed by atoms with van der Waals surface area (Å²) in [7, 11) is 1.96. The third-order valence-corrected chi connectivity index (χ3v) is 2.92. The number of rotatable bonds is 2. The van der Waals surface area contributed by atoms with E-state index in [9.17, 15) is 4.79 Å². The largest absolute Gasteiger partial charge is 0.343 e. The van der Waals surface area contributed by atoms with Crippen LogP contribution in [0.5, 0.6) is 0 Å². The van der Waals surface area contributed by atoms with Gasteiger partial charge in [0.15, 0.2) is 5.43 Å². The first-order valence-electron chi connectivity index (χ1n) is 6.57. The topological polar surface area (TPSA) is 22.0 Å². The van der Waals surface area contributed by atoms with E-state index >= 15 is 0 Å². The summed E-state index contributed by atoms with van der Waals surface area (Å²) in [5, 5.41) is 0.734. The molecule has 1 aromatic heterocycles. The zero-order valence-corrected chi connectivity index (χ0v) is 12.1. The molecule has 0 aliphatic carbocycles. The van der Waals surface area contributed by atoms with Gasteiger partial charge in [0.1, 0.15) is 0 Å². The molecule has 0 saturated carbocycles. The minimum Gasteiger partial charge on any atom is -0.343 e. The summed E-state index contributed by atoms with van der Waals surface area (Å²) in [4.78, 5) is 12.3. The quantitative estimate of drug-likeness (QED) is 0.786. The van der Waals surface area contributed by atoms with Crippen molar-refractivity contribution in [3.05, 3.63) is 58.4 Å². The van der Waals surface area contributed by atoms with Crippen LogP contribution >= 0.6 is 0 Å². The Balaban J connectivity index is 0.000000861. The molecule has 0 aliphatic rings. The third-order valence-electron chi connectivity index (χ3n) is 2.92. The van der Waals surface area contributed by atoms with Gasteiger partial charge >= 0.3 is 0 Å². The molecule has 2 heteroatoms. The molecule has 0 amide bonds. The molecule has 0 radical (unpaired) electrons. The summed E-state index contributed by atoms with van der Waals surface area (Å²) in [6, 6.07) is 7.63. The van der Waals surface area contributed by atoms with Crippen LogP contribution in [-0.2, 0) is 7.05 Å². The van der Waals surface area contributed by atoms with Gasteiger partial charge in [0.25, 0.3) is 0 Å². The van der Waals surface area contributed by atoms with Gasteiger partial charge in [-0.2, -0.15) is 0 Å². The highest BCUT2D eigenvalue weighted by Gasteiger charge is 2.09. The van der Waals surface area contributed by atoms with E-state index in [4.69, 9.17) is 0 Å². The van der Waals surface area contributed by atoms with Crippen molar-refractivity contribution in [3.8, 4) is 0 Å². The maximum absolute atomic E-state index is 12.3. The van der Waals surface area contributed by atoms with Crippen molar-refractivity contribution in [1.82, 2.24) is 4.57 Å². The fourth-order valence-corrected chi connectivity index (χ4v) is 2.09. The molecule has 0 N–H and O–H groups in total. The number of allylic oxidation sites excluding steroid dienone is 1. The van der Waals surface area contributed by atoms with Gasteiger partial charge in [-0.3, -0.25) is 4.79 Å². The highest BCUT2D eigenvalue weighted by molar-refractivity contribution is 5.84. The number of hydrogen-bond donors (Lipinski definition) is 0. The number of aryl methyl sites for hydroxylation is 1. The average Bonchev–Trinajstić information content (AvgIpc) is 2.47. The van der Waals surface area contributed by atoms with Crippen molar-refractivity contribution in [2.75, 3.05) is 0 Å². The highest BCUT2D eigenvalue weighted by atomic mass is 16.1. The molecule has 1 heterocycles. The Morgan fingerprint density at radius 1 is 1.21 bits per heavy atom. The second kappa shape index (κ2) is 6.74. The summed E-state index contributed by atoms with van der Waals surface area (Å²) >= 11 is 0. The Hall–Kier alpha value is -2.09. The molecule has 0 atom stereocenters. The van der Waals surface area contributed by atoms with E-state index < -0.39 is 0 Å². The van der Waals surface area contributed by atoms with E-state index in [0.29, 0.717) is 5.56 Å². The highest BCUT2D eigenvalue weighted by Crippen LogP contribution is 2.16. The number of hydrogen-bond acceptors (Lipinski definition) is 1. The normalized spacial score (nSPS) is 10.3. The molecule has 100 valence electrons. The monoisotopic (exact) mass is 255 g/mol. The van der Waals surface area contributed by atoms with Crippen molar-refractivity contribution in [2.24, 2.45) is 7.05 Å². The fraction of sp³-hybridized carbons (Fsp3) is 0.235. The second-order valence-corrected chi connectivity index (χ2v) is 3.91. The van der Waals surface area contributed by atoms with Crippen LogP contribution in [-0.4, -0.2) is 4.57 Å². The van der Waals surface area contributed by atoms with Crippen molar-refractivity contribution >= 4 is 23.1 Å². The van der Waals surface area contributed by atoms with E-state index in [0.717, 1.165) is 16.6 Å². The van der Waals surface area contributed by atoms with Gasteiger partial charge in [-0.25, -0.2) is 0 Å². The summed E-state index contributed by atoms with van der Waals surface area (Å²) < 4.78 is 2.02. The van der Waals surface area contributed by atoms with E-state index in [2.05, 4.69) is 6.58 Å². The Morgan fingerprint density at radius 3 is 2.42 bits per heavy atom. The maximum atomic E-state index is 12.3. The lowest BCUT2D eigenvalue weighted by atomic mass is 10.1. The molecule has 1 aromatic carbocycles. The Morgan fingerprint density at radius 2 is 1.84 bits per heavy atom. The molecule has 0 unspecified atom stereocenters. The molecule has 0 fully saturated rings. The number of nitrogens with zero attached hydrogens (tertiary/aromatic N) is 1. The molecule has 0 spiro atoms. The number of fused-ring (bicyclic) bond motifs is 1. The van der Waals surface area contributed by atoms with Crippen LogP contribution in [0, 0.1) is 0 Å². The van der Waals surface area contributed by atoms with E-state index in [1.807, 2.05) is 68.8 Å². The van der Waals surface area contributed by atoms with Crippen LogP contribution in [0.25, 0.3) is 23.1 Å². The van der Waals surface area contributed by atoms with Gasteiger partial charge in [-0.15, -0.1) is 0 Å². The standard InChI is InChI=1S/C15H15NO.C2H6/c1-4-8-13-11(5-2)15(17)12-9-6-7-10-14(12)16(13)3;1-2/h4-10H,2H2,1,3H3;1-2H3/b8-4-;. The molecule has 2 nitrogen and oxygen atoms in total. The zero-order chi connectivity index (χ0) is 14.4. The molecule has 2 rings (SSSR count). The van der Waals surface area contributed by atoms with Crippen LogP contribution in [0.4, 0.5) is 0 Å². The van der Waals surface area contributed by atoms with Gasteiger partial charge < -0.3 is 4.57 Å². The molecule has 19 heavy (non-hydrogen) atoms. The predicted octanol–water partition coefficient (Wildman–Crippen LogP) is 4.24. The molecule has 0 bridgehead atoms. The van der Waals surface area contributed by atoms with E-state index in [1.54, 1.807) is 6.08 Å². The molecular weight excluding hydrogens is 234 g/mol. The smallest absolute Gasteiger partial charge is 0.197 e. The maximum Gasteiger partial charge on any atom is 0.197 e. The van der Waals surface area contributed by atoms with Gasteiger partial charge in [-0.1, -0.05) is 44.7 Å². The first-order chi connectivity index (χ1) is 9.20. The molecule has 0 saturated heterocycles. The lowest BCUT2D eigenvalue weighted by molar-refractivity contribution is 0.932. The summed E-state index contributed by atoms with van der Waals surface area (Å²) in [6.45, 7) is 9.67. The van der Waals surface area contributed by atoms with Gasteiger partial charge in [-0.05, 0) is 25.1 Å². The van der Waals surface area contributed by atoms with Gasteiger partial charge in [0.05, 0.1) is 11.2 Å². The Bertz CT molecular complexity index is 663. The van der Waals surface area contributed by atoms with E-state index in [1.165, 1.54) is 0 Å². The Labute approximate surface area is 114 Å². The van der Waals surface area contributed by atoms with Crippen LogP contribution < -0.4 is 5.43 Å². The molecule has 2 aromatic rings. The van der Waals surface area contributed by atoms with Crippen molar-refractivity contribution in [2.45, 2.75) is 20.8 Å². The lowest BCUT2D eigenvalue weighted by Gasteiger charge is -2.12. The number of aromatic nitrogens is 1. The first kappa shape index (κ1) is 15.0. The first-order valence-corrected chi connectivity index (χ1v) is 6.57.